The summed E-state index contributed by atoms with van der Waals surface area (Å²) in [5.41, 5.74) is 7.49. The lowest BCUT2D eigenvalue weighted by molar-refractivity contribution is 0.402. The van der Waals surface area contributed by atoms with Gasteiger partial charge in [-0.3, -0.25) is 0 Å². The van der Waals surface area contributed by atoms with Crippen LogP contribution in [0.5, 0.6) is 0 Å². The van der Waals surface area contributed by atoms with E-state index in [-0.39, 0.29) is 12.4 Å². The summed E-state index contributed by atoms with van der Waals surface area (Å²) in [6.07, 6.45) is 4.56. The Bertz CT molecular complexity index is 1070. The molecule has 4 rings (SSSR count). The summed E-state index contributed by atoms with van der Waals surface area (Å²) in [4.78, 5) is 9.83. The van der Waals surface area contributed by atoms with Gasteiger partial charge >= 0.3 is 0 Å². The van der Waals surface area contributed by atoms with Crippen molar-refractivity contribution in [2.45, 2.75) is 65.5 Å². The van der Waals surface area contributed by atoms with Crippen LogP contribution in [0.2, 0.25) is 5.02 Å². The van der Waals surface area contributed by atoms with Crippen molar-refractivity contribution in [2.75, 3.05) is 25.5 Å². The summed E-state index contributed by atoms with van der Waals surface area (Å²) in [6, 6.07) is 11.1. The number of nitrogens with zero attached hydrogens (tertiary/aromatic N) is 4. The zero-order valence-corrected chi connectivity index (χ0v) is 21.6. The highest BCUT2D eigenvalue weighted by Gasteiger charge is 2.26. The van der Waals surface area contributed by atoms with Crippen LogP contribution in [0.15, 0.2) is 30.3 Å². The maximum atomic E-state index is 6.69. The fourth-order valence-corrected chi connectivity index (χ4v) is 5.20. The molecule has 0 amide bonds. The van der Waals surface area contributed by atoms with E-state index in [1.807, 2.05) is 6.07 Å². The standard InChI is InChI=1S/C26H35ClN4.ClH/c1-6-19(7-2)21-11-12-22(27)24-25(21)31-15-9-8-14-30(26(31)28-24)23-13-10-18(3)16-20(23)17-29(4)5;/h10-13,16,19H,6-9,14-15,17H2,1-5H3;1H. The van der Waals surface area contributed by atoms with Gasteiger partial charge in [0, 0.05) is 25.3 Å². The van der Waals surface area contributed by atoms with Gasteiger partial charge in [0.1, 0.15) is 5.52 Å². The molecular formula is C26H36Cl2N4. The molecule has 32 heavy (non-hydrogen) atoms. The van der Waals surface area contributed by atoms with Crippen LogP contribution in [0.3, 0.4) is 0 Å². The monoisotopic (exact) mass is 474 g/mol. The lowest BCUT2D eigenvalue weighted by Crippen LogP contribution is -2.23. The molecule has 0 aliphatic carbocycles. The van der Waals surface area contributed by atoms with E-state index in [0.717, 1.165) is 61.8 Å². The van der Waals surface area contributed by atoms with Crippen molar-refractivity contribution >= 4 is 46.7 Å². The molecule has 3 aromatic rings. The molecule has 2 aromatic carbocycles. The summed E-state index contributed by atoms with van der Waals surface area (Å²) in [7, 11) is 4.26. The Morgan fingerprint density at radius 2 is 1.78 bits per heavy atom. The summed E-state index contributed by atoms with van der Waals surface area (Å²) in [6.45, 7) is 9.60. The number of halogens is 2. The highest BCUT2D eigenvalue weighted by molar-refractivity contribution is 6.35. The van der Waals surface area contributed by atoms with Gasteiger partial charge in [0.15, 0.2) is 0 Å². The lowest BCUT2D eigenvalue weighted by Gasteiger charge is -2.26. The first-order valence-electron chi connectivity index (χ1n) is 11.6. The molecule has 0 saturated carbocycles. The Morgan fingerprint density at radius 3 is 2.47 bits per heavy atom. The van der Waals surface area contributed by atoms with Crippen molar-refractivity contribution in [1.29, 1.82) is 0 Å². The van der Waals surface area contributed by atoms with E-state index >= 15 is 0 Å². The normalized spacial score (nSPS) is 14.1. The Morgan fingerprint density at radius 1 is 1.06 bits per heavy atom. The first-order valence-corrected chi connectivity index (χ1v) is 12.0. The minimum absolute atomic E-state index is 0. The maximum Gasteiger partial charge on any atom is 0.211 e. The molecule has 0 saturated heterocycles. The molecule has 6 heteroatoms. The Balaban J connectivity index is 0.00000289. The van der Waals surface area contributed by atoms with Gasteiger partial charge < -0.3 is 14.4 Å². The quantitative estimate of drug-likeness (QED) is 0.373. The van der Waals surface area contributed by atoms with Crippen LogP contribution >= 0.6 is 24.0 Å². The average molecular weight is 476 g/mol. The number of rotatable bonds is 6. The van der Waals surface area contributed by atoms with Gasteiger partial charge in [0.05, 0.1) is 10.5 Å². The van der Waals surface area contributed by atoms with Crippen LogP contribution in [0.25, 0.3) is 11.0 Å². The van der Waals surface area contributed by atoms with Crippen molar-refractivity contribution in [3.8, 4) is 0 Å². The molecule has 4 nitrogen and oxygen atoms in total. The number of fused-ring (bicyclic) bond motifs is 3. The third-order valence-electron chi connectivity index (χ3n) is 6.55. The number of aromatic nitrogens is 2. The first-order chi connectivity index (χ1) is 14.9. The van der Waals surface area contributed by atoms with E-state index in [9.17, 15) is 0 Å². The Hall–Kier alpha value is -1.75. The van der Waals surface area contributed by atoms with Crippen LogP contribution in [0.4, 0.5) is 11.6 Å². The molecule has 0 N–H and O–H groups in total. The van der Waals surface area contributed by atoms with E-state index in [1.54, 1.807) is 0 Å². The van der Waals surface area contributed by atoms with Crippen molar-refractivity contribution < 1.29 is 0 Å². The number of aryl methyl sites for hydroxylation is 2. The van der Waals surface area contributed by atoms with E-state index < -0.39 is 0 Å². The van der Waals surface area contributed by atoms with Crippen LogP contribution in [0.1, 0.15) is 62.1 Å². The molecule has 0 fully saturated rings. The molecule has 174 valence electrons. The van der Waals surface area contributed by atoms with Gasteiger partial charge in [-0.15, -0.1) is 12.4 Å². The fourth-order valence-electron chi connectivity index (χ4n) is 5.01. The van der Waals surface area contributed by atoms with Gasteiger partial charge in [0.25, 0.3) is 0 Å². The molecule has 0 atom stereocenters. The summed E-state index contributed by atoms with van der Waals surface area (Å²) < 4.78 is 2.45. The van der Waals surface area contributed by atoms with Crippen LogP contribution in [-0.2, 0) is 13.1 Å². The molecule has 2 heterocycles. The second-order valence-corrected chi connectivity index (χ2v) is 9.55. The number of hydrogen-bond donors (Lipinski definition) is 0. The number of hydrogen-bond acceptors (Lipinski definition) is 3. The highest BCUT2D eigenvalue weighted by Crippen LogP contribution is 2.40. The third kappa shape index (κ3) is 4.64. The maximum absolute atomic E-state index is 6.69. The van der Waals surface area contributed by atoms with E-state index in [4.69, 9.17) is 16.6 Å². The Kier molecular flexibility index (Phi) is 8.13. The summed E-state index contributed by atoms with van der Waals surface area (Å²) in [5.74, 6) is 1.57. The van der Waals surface area contributed by atoms with Gasteiger partial charge in [-0.05, 0) is 75.9 Å². The van der Waals surface area contributed by atoms with Crippen molar-refractivity contribution in [2.24, 2.45) is 0 Å². The van der Waals surface area contributed by atoms with Gasteiger partial charge in [0.2, 0.25) is 5.95 Å². The molecule has 0 unspecified atom stereocenters. The third-order valence-corrected chi connectivity index (χ3v) is 6.85. The number of imidazole rings is 1. The molecule has 1 aliphatic rings. The smallest absolute Gasteiger partial charge is 0.211 e. The minimum atomic E-state index is 0. The van der Waals surface area contributed by atoms with E-state index in [2.05, 4.69) is 73.5 Å². The summed E-state index contributed by atoms with van der Waals surface area (Å²) >= 11 is 6.69. The fraction of sp³-hybridized carbons (Fsp3) is 0.500. The highest BCUT2D eigenvalue weighted by atomic mass is 35.5. The number of anilines is 2. The van der Waals surface area contributed by atoms with E-state index in [1.165, 1.54) is 27.9 Å². The van der Waals surface area contributed by atoms with Gasteiger partial charge in [-0.1, -0.05) is 49.2 Å². The molecule has 1 aromatic heterocycles. The van der Waals surface area contributed by atoms with Crippen LogP contribution < -0.4 is 4.90 Å². The number of benzene rings is 2. The zero-order valence-electron chi connectivity index (χ0n) is 20.0. The van der Waals surface area contributed by atoms with Crippen molar-refractivity contribution in [3.63, 3.8) is 0 Å². The minimum Gasteiger partial charge on any atom is -0.312 e. The summed E-state index contributed by atoms with van der Waals surface area (Å²) in [5, 5.41) is 0.752. The SMILES string of the molecule is CCC(CC)c1ccc(Cl)c2nc3n(c12)CCCCN3c1ccc(C)cc1CN(C)C.Cl. The molecule has 1 aliphatic heterocycles. The predicted molar refractivity (Wildman–Crippen MR) is 140 cm³/mol. The van der Waals surface area contributed by atoms with Crippen LogP contribution in [-0.4, -0.2) is 35.1 Å². The average Bonchev–Trinajstić information content (AvgIpc) is 2.99. The largest absolute Gasteiger partial charge is 0.312 e. The second-order valence-electron chi connectivity index (χ2n) is 9.14. The van der Waals surface area contributed by atoms with Crippen molar-refractivity contribution in [3.05, 3.63) is 52.0 Å². The van der Waals surface area contributed by atoms with E-state index in [0.29, 0.717) is 5.92 Å². The molecule has 0 bridgehead atoms. The zero-order chi connectivity index (χ0) is 22.1. The molecular weight excluding hydrogens is 439 g/mol. The van der Waals surface area contributed by atoms with Gasteiger partial charge in [-0.2, -0.15) is 0 Å². The predicted octanol–water partition coefficient (Wildman–Crippen LogP) is 7.32. The van der Waals surface area contributed by atoms with Crippen molar-refractivity contribution in [1.82, 2.24) is 14.5 Å². The van der Waals surface area contributed by atoms with Crippen LogP contribution in [0, 0.1) is 6.92 Å². The Labute approximate surface area is 204 Å². The second kappa shape index (κ2) is 10.5. The molecule has 0 radical (unpaired) electrons. The molecule has 0 spiro atoms. The topological polar surface area (TPSA) is 24.3 Å². The lowest BCUT2D eigenvalue weighted by atomic mass is 9.93. The first kappa shape index (κ1) is 24.9. The van der Waals surface area contributed by atoms with Gasteiger partial charge in [-0.25, -0.2) is 4.98 Å².